The molecule has 0 aliphatic carbocycles. The van der Waals surface area contributed by atoms with Crippen LogP contribution in [0.15, 0.2) is 4.52 Å². The molecule has 2 N–H and O–H groups in total. The van der Waals surface area contributed by atoms with E-state index >= 15 is 0 Å². The van der Waals surface area contributed by atoms with Crippen molar-refractivity contribution in [1.82, 2.24) is 10.1 Å². The molecule has 96 valence electrons. The van der Waals surface area contributed by atoms with Gasteiger partial charge in [-0.2, -0.15) is 4.98 Å². The number of ether oxygens (including phenoxy) is 1. The van der Waals surface area contributed by atoms with Crippen LogP contribution in [-0.4, -0.2) is 23.4 Å². The lowest BCUT2D eigenvalue weighted by molar-refractivity contribution is 0.0705. The second kappa shape index (κ2) is 4.74. The first-order chi connectivity index (χ1) is 7.98. The highest BCUT2D eigenvalue weighted by Crippen LogP contribution is 2.30. The quantitative estimate of drug-likeness (QED) is 0.854. The Morgan fingerprint density at radius 2 is 2.18 bits per heavy atom. The van der Waals surface area contributed by atoms with Crippen molar-refractivity contribution in [3.63, 3.8) is 0 Å². The molecule has 2 heterocycles. The third kappa shape index (κ3) is 2.84. The summed E-state index contributed by atoms with van der Waals surface area (Å²) < 4.78 is 10.7. The molecule has 0 aromatic carbocycles. The van der Waals surface area contributed by atoms with Gasteiger partial charge in [0.15, 0.2) is 5.82 Å². The van der Waals surface area contributed by atoms with Crippen molar-refractivity contribution >= 4 is 0 Å². The first-order valence-electron chi connectivity index (χ1n) is 6.15. The Morgan fingerprint density at radius 1 is 1.41 bits per heavy atom. The van der Waals surface area contributed by atoms with Crippen molar-refractivity contribution in [2.75, 3.05) is 13.2 Å². The molecule has 17 heavy (non-hydrogen) atoms. The highest BCUT2D eigenvalue weighted by molar-refractivity contribution is 5.01. The Morgan fingerprint density at radius 3 is 2.76 bits per heavy atom. The summed E-state index contributed by atoms with van der Waals surface area (Å²) in [4.78, 5) is 4.42. The van der Waals surface area contributed by atoms with E-state index < -0.39 is 0 Å². The minimum atomic E-state index is -0.204. The number of rotatable bonds is 2. The van der Waals surface area contributed by atoms with Crippen molar-refractivity contribution < 1.29 is 9.26 Å². The van der Waals surface area contributed by atoms with Crippen molar-refractivity contribution in [3.8, 4) is 0 Å². The number of nitrogens with two attached hydrogens (primary N) is 1. The molecule has 2 atom stereocenters. The number of nitrogens with zero attached hydrogens (tertiary/aromatic N) is 2. The predicted octanol–water partition coefficient (Wildman–Crippen LogP) is 2.01. The highest BCUT2D eigenvalue weighted by Gasteiger charge is 2.29. The van der Waals surface area contributed by atoms with Crippen molar-refractivity contribution in [2.24, 2.45) is 11.1 Å². The number of hydrogen-bond donors (Lipinski definition) is 1. The zero-order valence-electron chi connectivity index (χ0n) is 10.8. The summed E-state index contributed by atoms with van der Waals surface area (Å²) in [5.74, 6) is 1.50. The van der Waals surface area contributed by atoms with Gasteiger partial charge in [-0.1, -0.05) is 25.9 Å². The number of aromatic nitrogens is 2. The summed E-state index contributed by atoms with van der Waals surface area (Å²) in [6.07, 6.45) is 2.10. The Labute approximate surface area is 102 Å². The second-order valence-electron chi connectivity index (χ2n) is 5.75. The van der Waals surface area contributed by atoms with E-state index in [-0.39, 0.29) is 17.4 Å². The molecule has 5 heteroatoms. The van der Waals surface area contributed by atoms with Gasteiger partial charge in [0.25, 0.3) is 0 Å². The molecule has 2 unspecified atom stereocenters. The Hall–Kier alpha value is -0.940. The van der Waals surface area contributed by atoms with Gasteiger partial charge >= 0.3 is 0 Å². The Balaban J connectivity index is 2.10. The maximum atomic E-state index is 6.10. The summed E-state index contributed by atoms with van der Waals surface area (Å²) in [6.45, 7) is 7.71. The largest absolute Gasteiger partial charge is 0.381 e. The van der Waals surface area contributed by atoms with Crippen LogP contribution in [0.25, 0.3) is 0 Å². The fourth-order valence-corrected chi connectivity index (χ4v) is 1.86. The van der Waals surface area contributed by atoms with Crippen LogP contribution in [0.2, 0.25) is 0 Å². The van der Waals surface area contributed by atoms with Crippen LogP contribution in [0.4, 0.5) is 0 Å². The average Bonchev–Trinajstić information content (AvgIpc) is 2.77. The van der Waals surface area contributed by atoms with E-state index in [2.05, 4.69) is 30.9 Å². The van der Waals surface area contributed by atoms with Crippen LogP contribution < -0.4 is 5.73 Å². The summed E-state index contributed by atoms with van der Waals surface area (Å²) in [5, 5.41) is 3.99. The second-order valence-corrected chi connectivity index (χ2v) is 5.75. The molecule has 1 aliphatic heterocycles. The minimum Gasteiger partial charge on any atom is -0.381 e. The first kappa shape index (κ1) is 12.5. The fourth-order valence-electron chi connectivity index (χ4n) is 1.86. The highest BCUT2D eigenvalue weighted by atomic mass is 16.5. The average molecular weight is 239 g/mol. The molecule has 0 amide bonds. The predicted molar refractivity (Wildman–Crippen MR) is 63.5 cm³/mol. The van der Waals surface area contributed by atoms with Crippen LogP contribution in [0.3, 0.4) is 0 Å². The van der Waals surface area contributed by atoms with E-state index in [1.54, 1.807) is 0 Å². The lowest BCUT2D eigenvalue weighted by Gasteiger charge is -2.23. The molecular formula is C12H21N3O2. The van der Waals surface area contributed by atoms with E-state index in [1.807, 2.05) is 0 Å². The van der Waals surface area contributed by atoms with Crippen LogP contribution in [0.5, 0.6) is 0 Å². The lowest BCUT2D eigenvalue weighted by Crippen LogP contribution is -2.27. The Bertz CT molecular complexity index is 364. The maximum absolute atomic E-state index is 6.10. The van der Waals surface area contributed by atoms with E-state index in [4.69, 9.17) is 15.0 Å². The maximum Gasteiger partial charge on any atom is 0.232 e. The van der Waals surface area contributed by atoms with Crippen molar-refractivity contribution in [3.05, 3.63) is 11.7 Å². The molecule has 1 aromatic rings. The van der Waals surface area contributed by atoms with Gasteiger partial charge < -0.3 is 15.0 Å². The standard InChI is InChI=1S/C12H21N3O2/c1-12(2,3)9(13)10-14-11(17-15-10)8-5-4-6-16-7-8/h8-9H,4-7,13H2,1-3H3. The molecular weight excluding hydrogens is 218 g/mol. The van der Waals surface area contributed by atoms with Crippen LogP contribution >= 0.6 is 0 Å². The molecule has 0 bridgehead atoms. The summed E-state index contributed by atoms with van der Waals surface area (Å²) in [5.41, 5.74) is 6.03. The molecule has 5 nitrogen and oxygen atoms in total. The fraction of sp³-hybridized carbons (Fsp3) is 0.833. The van der Waals surface area contributed by atoms with Crippen LogP contribution in [0, 0.1) is 5.41 Å². The van der Waals surface area contributed by atoms with Gasteiger partial charge in [0, 0.05) is 6.61 Å². The van der Waals surface area contributed by atoms with Gasteiger partial charge in [-0.05, 0) is 18.3 Å². The minimum absolute atomic E-state index is 0.0653. The van der Waals surface area contributed by atoms with E-state index in [9.17, 15) is 0 Å². The van der Waals surface area contributed by atoms with E-state index in [1.165, 1.54) is 0 Å². The number of hydrogen-bond acceptors (Lipinski definition) is 5. The normalized spacial score (nSPS) is 23.6. The summed E-state index contributed by atoms with van der Waals surface area (Å²) in [7, 11) is 0. The molecule has 1 aromatic heterocycles. The molecule has 1 fully saturated rings. The molecule has 1 saturated heterocycles. The SMILES string of the molecule is CC(C)(C)C(N)c1noc(C2CCCOC2)n1. The molecule has 1 aliphatic rings. The van der Waals surface area contributed by atoms with Crippen molar-refractivity contribution in [1.29, 1.82) is 0 Å². The summed E-state index contributed by atoms with van der Waals surface area (Å²) in [6, 6.07) is -0.204. The third-order valence-corrected chi connectivity index (χ3v) is 3.18. The smallest absolute Gasteiger partial charge is 0.232 e. The van der Waals surface area contributed by atoms with Gasteiger partial charge in [0.1, 0.15) is 0 Å². The monoisotopic (exact) mass is 239 g/mol. The molecule has 0 saturated carbocycles. The molecule has 0 radical (unpaired) electrons. The van der Waals surface area contributed by atoms with E-state index in [0.29, 0.717) is 18.3 Å². The van der Waals surface area contributed by atoms with Crippen LogP contribution in [0.1, 0.15) is 57.3 Å². The van der Waals surface area contributed by atoms with Gasteiger partial charge in [0.05, 0.1) is 18.6 Å². The third-order valence-electron chi connectivity index (χ3n) is 3.18. The van der Waals surface area contributed by atoms with Gasteiger partial charge in [-0.15, -0.1) is 0 Å². The Kier molecular flexibility index (Phi) is 3.49. The summed E-state index contributed by atoms with van der Waals surface area (Å²) >= 11 is 0. The van der Waals surface area contributed by atoms with E-state index in [0.717, 1.165) is 19.4 Å². The van der Waals surface area contributed by atoms with Crippen LogP contribution in [-0.2, 0) is 4.74 Å². The topological polar surface area (TPSA) is 74.2 Å². The lowest BCUT2D eigenvalue weighted by atomic mass is 9.87. The molecule has 0 spiro atoms. The zero-order valence-corrected chi connectivity index (χ0v) is 10.8. The first-order valence-corrected chi connectivity index (χ1v) is 6.15. The van der Waals surface area contributed by atoms with Gasteiger partial charge in [0.2, 0.25) is 5.89 Å². The van der Waals surface area contributed by atoms with Gasteiger partial charge in [-0.3, -0.25) is 0 Å². The van der Waals surface area contributed by atoms with Gasteiger partial charge in [-0.25, -0.2) is 0 Å². The molecule has 2 rings (SSSR count). The van der Waals surface area contributed by atoms with Crippen molar-refractivity contribution in [2.45, 2.75) is 45.6 Å². The zero-order chi connectivity index (χ0) is 12.5.